The molecule has 0 saturated heterocycles. The van der Waals surface area contributed by atoms with E-state index in [1.54, 1.807) is 0 Å². The van der Waals surface area contributed by atoms with E-state index >= 15 is 0 Å². The number of aliphatic hydroxyl groups excluding tert-OH is 1. The van der Waals surface area contributed by atoms with Crippen LogP contribution in [0, 0.1) is 0 Å². The molecule has 3 N–H and O–H groups in total. The largest absolute Gasteiger partial charge is 0.416 e. The van der Waals surface area contributed by atoms with Gasteiger partial charge in [0, 0.05) is 5.56 Å². The van der Waals surface area contributed by atoms with Gasteiger partial charge < -0.3 is 15.7 Å². The summed E-state index contributed by atoms with van der Waals surface area (Å²) in [4.78, 5) is 23.8. The molecule has 24 heavy (non-hydrogen) atoms. The van der Waals surface area contributed by atoms with Crippen molar-refractivity contribution < 1.29 is 27.9 Å². The molecule has 1 aliphatic carbocycles. The van der Waals surface area contributed by atoms with E-state index < -0.39 is 29.1 Å². The molecule has 0 aliphatic heterocycles. The summed E-state index contributed by atoms with van der Waals surface area (Å²) < 4.78 is 37.4. The lowest BCUT2D eigenvalue weighted by Crippen LogP contribution is -2.52. The van der Waals surface area contributed by atoms with Crippen LogP contribution in [0.2, 0.25) is 0 Å². The Kier molecular flexibility index (Phi) is 5.48. The van der Waals surface area contributed by atoms with Crippen LogP contribution >= 0.6 is 0 Å². The van der Waals surface area contributed by atoms with E-state index in [9.17, 15) is 27.9 Å². The molecular formula is C16H19F3N2O3. The summed E-state index contributed by atoms with van der Waals surface area (Å²) in [6.45, 7) is -0.465. The van der Waals surface area contributed by atoms with E-state index in [-0.39, 0.29) is 18.7 Å². The van der Waals surface area contributed by atoms with Crippen LogP contribution in [-0.2, 0) is 11.0 Å². The Morgan fingerprint density at radius 3 is 2.21 bits per heavy atom. The van der Waals surface area contributed by atoms with Gasteiger partial charge in [-0.2, -0.15) is 13.2 Å². The molecule has 0 radical (unpaired) electrons. The first kappa shape index (κ1) is 18.3. The van der Waals surface area contributed by atoms with Crippen LogP contribution in [0.1, 0.15) is 41.6 Å². The topological polar surface area (TPSA) is 78.4 Å². The number of hydrogen-bond acceptors (Lipinski definition) is 3. The fourth-order valence-electron chi connectivity index (χ4n) is 2.79. The van der Waals surface area contributed by atoms with Gasteiger partial charge in [0.05, 0.1) is 24.3 Å². The van der Waals surface area contributed by atoms with Gasteiger partial charge in [-0.25, -0.2) is 0 Å². The number of nitrogens with one attached hydrogen (secondary N) is 2. The van der Waals surface area contributed by atoms with Crippen LogP contribution in [0.3, 0.4) is 0 Å². The Morgan fingerprint density at radius 1 is 1.12 bits per heavy atom. The van der Waals surface area contributed by atoms with Crippen molar-refractivity contribution in [2.45, 2.75) is 37.4 Å². The number of alkyl halides is 3. The second-order valence-electron chi connectivity index (χ2n) is 5.95. The van der Waals surface area contributed by atoms with Gasteiger partial charge >= 0.3 is 6.18 Å². The molecule has 1 aromatic rings. The summed E-state index contributed by atoms with van der Waals surface area (Å²) in [6.07, 6.45) is -1.27. The minimum atomic E-state index is -4.46. The van der Waals surface area contributed by atoms with Crippen LogP contribution in [-0.4, -0.2) is 35.6 Å². The predicted octanol–water partition coefficient (Wildman–Crippen LogP) is 1.86. The van der Waals surface area contributed by atoms with Gasteiger partial charge in [0.15, 0.2) is 0 Å². The number of benzene rings is 1. The summed E-state index contributed by atoms with van der Waals surface area (Å²) >= 11 is 0. The highest BCUT2D eigenvalue weighted by atomic mass is 19.4. The summed E-state index contributed by atoms with van der Waals surface area (Å²) in [5.41, 5.74) is -1.44. The number of halogens is 3. The van der Waals surface area contributed by atoms with E-state index in [0.717, 1.165) is 37.1 Å². The fraction of sp³-hybridized carbons (Fsp3) is 0.500. The van der Waals surface area contributed by atoms with Crippen molar-refractivity contribution in [3.63, 3.8) is 0 Å². The average molecular weight is 344 g/mol. The number of hydrogen-bond donors (Lipinski definition) is 3. The van der Waals surface area contributed by atoms with E-state index in [1.165, 1.54) is 0 Å². The van der Waals surface area contributed by atoms with Gasteiger partial charge in [0.2, 0.25) is 5.91 Å². The normalized spacial score (nSPS) is 16.7. The summed E-state index contributed by atoms with van der Waals surface area (Å²) in [5.74, 6) is -1.07. The third-order valence-electron chi connectivity index (χ3n) is 4.15. The zero-order chi connectivity index (χ0) is 17.8. The second-order valence-corrected chi connectivity index (χ2v) is 5.95. The Morgan fingerprint density at radius 2 is 1.71 bits per heavy atom. The molecule has 0 bridgehead atoms. The zero-order valence-corrected chi connectivity index (χ0v) is 12.9. The lowest BCUT2D eigenvalue weighted by atomic mass is 9.99. The SMILES string of the molecule is O=C(CNC(=O)c1ccc(C(F)(F)F)cc1)NC1(CO)CCCC1. The number of aliphatic hydroxyl groups is 1. The smallest absolute Gasteiger partial charge is 0.394 e. The molecule has 1 aliphatic rings. The first-order valence-electron chi connectivity index (χ1n) is 7.63. The van der Waals surface area contributed by atoms with Crippen molar-refractivity contribution in [1.82, 2.24) is 10.6 Å². The fourth-order valence-corrected chi connectivity index (χ4v) is 2.79. The minimum Gasteiger partial charge on any atom is -0.394 e. The number of rotatable bonds is 5. The lowest BCUT2D eigenvalue weighted by molar-refractivity contribution is -0.137. The van der Waals surface area contributed by atoms with Gasteiger partial charge in [0.25, 0.3) is 5.91 Å². The number of carbonyl (C=O) groups is 2. The molecular weight excluding hydrogens is 325 g/mol. The van der Waals surface area contributed by atoms with E-state index in [0.29, 0.717) is 12.8 Å². The van der Waals surface area contributed by atoms with Crippen molar-refractivity contribution >= 4 is 11.8 Å². The highest BCUT2D eigenvalue weighted by molar-refractivity contribution is 5.96. The summed E-state index contributed by atoms with van der Waals surface area (Å²) in [6, 6.07) is 3.74. The molecule has 2 amide bonds. The van der Waals surface area contributed by atoms with Crippen molar-refractivity contribution in [1.29, 1.82) is 0 Å². The van der Waals surface area contributed by atoms with Crippen LogP contribution in [0.15, 0.2) is 24.3 Å². The first-order chi connectivity index (χ1) is 11.3. The average Bonchev–Trinajstić information content (AvgIpc) is 3.01. The molecule has 1 saturated carbocycles. The van der Waals surface area contributed by atoms with Gasteiger partial charge in [-0.15, -0.1) is 0 Å². The molecule has 0 spiro atoms. The third-order valence-corrected chi connectivity index (χ3v) is 4.15. The Balaban J connectivity index is 1.87. The molecule has 0 heterocycles. The number of carbonyl (C=O) groups excluding carboxylic acids is 2. The van der Waals surface area contributed by atoms with Gasteiger partial charge in [-0.05, 0) is 37.1 Å². The van der Waals surface area contributed by atoms with E-state index in [4.69, 9.17) is 0 Å². The molecule has 1 fully saturated rings. The van der Waals surface area contributed by atoms with Crippen LogP contribution in [0.4, 0.5) is 13.2 Å². The second kappa shape index (κ2) is 7.21. The maximum atomic E-state index is 12.5. The first-order valence-corrected chi connectivity index (χ1v) is 7.63. The maximum absolute atomic E-state index is 12.5. The quantitative estimate of drug-likeness (QED) is 0.763. The molecule has 5 nitrogen and oxygen atoms in total. The van der Waals surface area contributed by atoms with Crippen LogP contribution < -0.4 is 10.6 Å². The van der Waals surface area contributed by atoms with Crippen LogP contribution in [0.5, 0.6) is 0 Å². The van der Waals surface area contributed by atoms with Crippen molar-refractivity contribution in [2.24, 2.45) is 0 Å². The van der Waals surface area contributed by atoms with Gasteiger partial charge in [-0.3, -0.25) is 9.59 Å². The van der Waals surface area contributed by atoms with E-state index in [1.807, 2.05) is 0 Å². The van der Waals surface area contributed by atoms with Crippen molar-refractivity contribution in [3.8, 4) is 0 Å². The van der Waals surface area contributed by atoms with Crippen LogP contribution in [0.25, 0.3) is 0 Å². The van der Waals surface area contributed by atoms with Crippen molar-refractivity contribution in [3.05, 3.63) is 35.4 Å². The predicted molar refractivity (Wildman–Crippen MR) is 80.2 cm³/mol. The van der Waals surface area contributed by atoms with E-state index in [2.05, 4.69) is 10.6 Å². The highest BCUT2D eigenvalue weighted by Gasteiger charge is 2.34. The van der Waals surface area contributed by atoms with Crippen molar-refractivity contribution in [2.75, 3.05) is 13.2 Å². The molecule has 0 atom stereocenters. The standard InChI is InChI=1S/C16H19F3N2O3/c17-16(18,19)12-5-3-11(4-6-12)14(24)20-9-13(23)21-15(10-22)7-1-2-8-15/h3-6,22H,1-2,7-10H2,(H,20,24)(H,21,23). The molecule has 8 heteroatoms. The Hall–Kier alpha value is -2.09. The van der Waals surface area contributed by atoms with Gasteiger partial charge in [0.1, 0.15) is 0 Å². The Bertz CT molecular complexity index is 594. The zero-order valence-electron chi connectivity index (χ0n) is 12.9. The third kappa shape index (κ3) is 4.47. The highest BCUT2D eigenvalue weighted by Crippen LogP contribution is 2.29. The molecule has 1 aromatic carbocycles. The summed E-state index contributed by atoms with van der Waals surface area (Å²) in [7, 11) is 0. The lowest BCUT2D eigenvalue weighted by Gasteiger charge is -2.28. The summed E-state index contributed by atoms with van der Waals surface area (Å²) in [5, 5.41) is 14.5. The Labute approximate surface area is 137 Å². The van der Waals surface area contributed by atoms with Gasteiger partial charge in [-0.1, -0.05) is 12.8 Å². The minimum absolute atomic E-state index is 0.0357. The maximum Gasteiger partial charge on any atom is 0.416 e. The molecule has 0 aromatic heterocycles. The molecule has 132 valence electrons. The monoisotopic (exact) mass is 344 g/mol. The molecule has 0 unspecified atom stereocenters. The number of amides is 2. The molecule has 2 rings (SSSR count).